The molecule has 98 valence electrons. The summed E-state index contributed by atoms with van der Waals surface area (Å²) >= 11 is 1.82. The third-order valence-corrected chi connectivity index (χ3v) is 4.78. The van der Waals surface area contributed by atoms with Crippen LogP contribution in [0.3, 0.4) is 0 Å². The van der Waals surface area contributed by atoms with Crippen molar-refractivity contribution in [3.8, 4) is 0 Å². The van der Waals surface area contributed by atoms with Gasteiger partial charge in [0.05, 0.1) is 11.4 Å². The summed E-state index contributed by atoms with van der Waals surface area (Å²) < 4.78 is 0. The van der Waals surface area contributed by atoms with Gasteiger partial charge in [0.15, 0.2) is 0 Å². The first-order valence-electron chi connectivity index (χ1n) is 6.64. The summed E-state index contributed by atoms with van der Waals surface area (Å²) in [5, 5.41) is 0. The maximum absolute atomic E-state index is 6.02. The van der Waals surface area contributed by atoms with Gasteiger partial charge in [0, 0.05) is 27.6 Å². The van der Waals surface area contributed by atoms with Crippen LogP contribution in [0.5, 0.6) is 0 Å². The Hall–Kier alpha value is -2.13. The lowest BCUT2D eigenvalue weighted by molar-refractivity contribution is 1.05. The maximum atomic E-state index is 6.02. The van der Waals surface area contributed by atoms with Crippen LogP contribution in [0, 0.1) is 0 Å². The molecular formula is C17H14N2S. The summed E-state index contributed by atoms with van der Waals surface area (Å²) in [5.41, 5.74) is 10.6. The Morgan fingerprint density at radius 1 is 0.950 bits per heavy atom. The van der Waals surface area contributed by atoms with Crippen molar-refractivity contribution < 1.29 is 0 Å². The maximum Gasteiger partial charge on any atom is 0.0555 e. The van der Waals surface area contributed by atoms with E-state index in [1.54, 1.807) is 0 Å². The van der Waals surface area contributed by atoms with Gasteiger partial charge in [-0.25, -0.2) is 0 Å². The van der Waals surface area contributed by atoms with Gasteiger partial charge in [-0.2, -0.15) is 0 Å². The third kappa shape index (κ3) is 1.74. The fourth-order valence-electron chi connectivity index (χ4n) is 2.69. The molecule has 0 aromatic heterocycles. The molecule has 0 spiro atoms. The van der Waals surface area contributed by atoms with Gasteiger partial charge >= 0.3 is 0 Å². The second kappa shape index (κ2) is 4.46. The number of allylic oxidation sites excluding steroid dienone is 1. The fourth-order valence-corrected chi connectivity index (χ4v) is 3.79. The monoisotopic (exact) mass is 278 g/mol. The highest BCUT2D eigenvalue weighted by Crippen LogP contribution is 2.45. The molecule has 0 saturated heterocycles. The average Bonchev–Trinajstić information content (AvgIpc) is 2.61. The number of para-hydroxylation sites is 1. The summed E-state index contributed by atoms with van der Waals surface area (Å²) in [4.78, 5) is 4.91. The van der Waals surface area contributed by atoms with Crippen LogP contribution in [0.1, 0.15) is 5.56 Å². The lowest BCUT2D eigenvalue weighted by atomic mass is 10.1. The van der Waals surface area contributed by atoms with E-state index in [-0.39, 0.29) is 0 Å². The van der Waals surface area contributed by atoms with Gasteiger partial charge in [-0.15, -0.1) is 0 Å². The molecule has 4 rings (SSSR count). The molecule has 2 aliphatic rings. The van der Waals surface area contributed by atoms with E-state index in [0.717, 1.165) is 12.2 Å². The second-order valence-corrected chi connectivity index (χ2v) is 5.99. The van der Waals surface area contributed by atoms with Crippen LogP contribution in [0.4, 0.5) is 5.69 Å². The summed E-state index contributed by atoms with van der Waals surface area (Å²) in [6.45, 7) is 0.823. The van der Waals surface area contributed by atoms with Gasteiger partial charge in [0.2, 0.25) is 0 Å². The van der Waals surface area contributed by atoms with E-state index in [9.17, 15) is 0 Å². The first-order valence-corrected chi connectivity index (χ1v) is 7.46. The van der Waals surface area contributed by atoms with Crippen molar-refractivity contribution in [3.63, 3.8) is 0 Å². The quantitative estimate of drug-likeness (QED) is 0.793. The number of hydrogen-bond donors (Lipinski definition) is 1. The summed E-state index contributed by atoms with van der Waals surface area (Å²) in [7, 11) is 0. The second-order valence-electron chi connectivity index (χ2n) is 4.91. The third-order valence-electron chi connectivity index (χ3n) is 3.64. The topological polar surface area (TPSA) is 29.3 Å². The SMILES string of the molecule is NC1=CCN2C(=C1)c1ccccc1Sc1ccccc12. The molecule has 0 fully saturated rings. The summed E-state index contributed by atoms with van der Waals surface area (Å²) in [6.07, 6.45) is 4.14. The Morgan fingerprint density at radius 3 is 2.60 bits per heavy atom. The van der Waals surface area contributed by atoms with Crippen LogP contribution in [0.2, 0.25) is 0 Å². The molecule has 2 N–H and O–H groups in total. The smallest absolute Gasteiger partial charge is 0.0555 e. The van der Waals surface area contributed by atoms with Crippen molar-refractivity contribution in [2.45, 2.75) is 9.79 Å². The lowest BCUT2D eigenvalue weighted by Gasteiger charge is -2.29. The molecule has 0 saturated carbocycles. The zero-order valence-corrected chi connectivity index (χ0v) is 11.7. The van der Waals surface area contributed by atoms with Crippen LogP contribution < -0.4 is 10.6 Å². The number of nitrogens with zero attached hydrogens (tertiary/aromatic N) is 1. The first kappa shape index (κ1) is 11.7. The van der Waals surface area contributed by atoms with Crippen molar-refractivity contribution >= 4 is 23.1 Å². The van der Waals surface area contributed by atoms with Gasteiger partial charge in [0.25, 0.3) is 0 Å². The number of benzene rings is 2. The molecule has 3 heteroatoms. The van der Waals surface area contributed by atoms with Gasteiger partial charge < -0.3 is 10.6 Å². The van der Waals surface area contributed by atoms with Crippen molar-refractivity contribution in [2.24, 2.45) is 5.73 Å². The molecule has 0 unspecified atom stereocenters. The normalized spacial score (nSPS) is 16.3. The van der Waals surface area contributed by atoms with Crippen molar-refractivity contribution in [1.82, 2.24) is 0 Å². The molecule has 0 atom stereocenters. The summed E-state index contributed by atoms with van der Waals surface area (Å²) in [5.74, 6) is 0. The van der Waals surface area contributed by atoms with E-state index in [1.165, 1.54) is 26.7 Å². The van der Waals surface area contributed by atoms with Crippen LogP contribution in [-0.2, 0) is 0 Å². The Labute approximate surface area is 122 Å². The highest BCUT2D eigenvalue weighted by Gasteiger charge is 2.25. The van der Waals surface area contributed by atoms with Crippen LogP contribution in [0.25, 0.3) is 5.70 Å². The molecule has 2 aliphatic heterocycles. The van der Waals surface area contributed by atoms with E-state index >= 15 is 0 Å². The van der Waals surface area contributed by atoms with E-state index in [4.69, 9.17) is 5.73 Å². The molecule has 0 amide bonds. The molecule has 2 aromatic rings. The Morgan fingerprint density at radius 2 is 1.70 bits per heavy atom. The van der Waals surface area contributed by atoms with Crippen LogP contribution in [-0.4, -0.2) is 6.54 Å². The van der Waals surface area contributed by atoms with Crippen molar-refractivity contribution in [1.29, 1.82) is 0 Å². The fraction of sp³-hybridized carbons (Fsp3) is 0.0588. The Bertz CT molecular complexity index is 746. The molecule has 2 heterocycles. The number of nitrogens with two attached hydrogens (primary N) is 1. The number of hydrogen-bond acceptors (Lipinski definition) is 3. The minimum absolute atomic E-state index is 0.823. The van der Waals surface area contributed by atoms with Crippen molar-refractivity contribution in [3.05, 3.63) is 71.9 Å². The zero-order valence-electron chi connectivity index (χ0n) is 10.9. The minimum atomic E-state index is 0.823. The van der Waals surface area contributed by atoms with E-state index < -0.39 is 0 Å². The average molecular weight is 278 g/mol. The van der Waals surface area contributed by atoms with Crippen molar-refractivity contribution in [2.75, 3.05) is 11.4 Å². The Kier molecular flexibility index (Phi) is 2.60. The number of fused-ring (bicyclic) bond motifs is 5. The highest BCUT2D eigenvalue weighted by molar-refractivity contribution is 7.99. The molecule has 0 bridgehead atoms. The Balaban J connectivity index is 2.01. The molecule has 2 nitrogen and oxygen atoms in total. The standard InChI is InChI=1S/C17H14N2S/c18-12-9-10-19-14-6-2-4-8-17(14)20-16-7-3-1-5-13(16)15(19)11-12/h1-9,11H,10,18H2. The van der Waals surface area contributed by atoms with Gasteiger partial charge in [-0.3, -0.25) is 0 Å². The van der Waals surface area contributed by atoms with Gasteiger partial charge in [0.1, 0.15) is 0 Å². The van der Waals surface area contributed by atoms with Gasteiger partial charge in [-0.05, 0) is 30.4 Å². The minimum Gasteiger partial charge on any atom is -0.399 e. The molecule has 20 heavy (non-hydrogen) atoms. The predicted octanol–water partition coefficient (Wildman–Crippen LogP) is 3.85. The highest BCUT2D eigenvalue weighted by atomic mass is 32.2. The number of anilines is 1. The molecule has 0 aliphatic carbocycles. The van der Waals surface area contributed by atoms with E-state index in [0.29, 0.717) is 0 Å². The van der Waals surface area contributed by atoms with Gasteiger partial charge in [-0.1, -0.05) is 42.1 Å². The predicted molar refractivity (Wildman–Crippen MR) is 84.6 cm³/mol. The molecule has 0 radical (unpaired) electrons. The number of rotatable bonds is 0. The molecule has 2 aromatic carbocycles. The largest absolute Gasteiger partial charge is 0.399 e. The van der Waals surface area contributed by atoms with E-state index in [2.05, 4.69) is 65.6 Å². The summed E-state index contributed by atoms with van der Waals surface area (Å²) in [6, 6.07) is 17.1. The van der Waals surface area contributed by atoms with Crippen LogP contribution >= 0.6 is 11.8 Å². The zero-order chi connectivity index (χ0) is 13.5. The molecular weight excluding hydrogens is 264 g/mol. The first-order chi connectivity index (χ1) is 9.83. The van der Waals surface area contributed by atoms with E-state index in [1.807, 2.05) is 11.8 Å². The lowest BCUT2D eigenvalue weighted by Crippen LogP contribution is -2.25. The van der Waals surface area contributed by atoms with Crippen LogP contribution in [0.15, 0.2) is 76.2 Å².